The zero-order valence-corrected chi connectivity index (χ0v) is 12.3. The highest BCUT2D eigenvalue weighted by Crippen LogP contribution is 2.20. The van der Waals surface area contributed by atoms with Gasteiger partial charge in [0.2, 0.25) is 0 Å². The molecule has 6 heteroatoms. The average Bonchev–Trinajstić information content (AvgIpc) is 2.40. The molecule has 1 aromatic heterocycles. The molecule has 5 nitrogen and oxygen atoms in total. The molecule has 0 bridgehead atoms. The zero-order chi connectivity index (χ0) is 15.6. The summed E-state index contributed by atoms with van der Waals surface area (Å²) in [6.45, 7) is 5.79. The van der Waals surface area contributed by atoms with Gasteiger partial charge in [-0.1, -0.05) is 6.07 Å². The highest BCUT2D eigenvalue weighted by atomic mass is 19.1. The SMILES string of the molecule is CC(C)(C)n1ccnc(Oc2ccc(CN)c(F)c2)c1=O. The molecule has 1 aromatic carbocycles. The van der Waals surface area contributed by atoms with Crippen molar-refractivity contribution in [2.75, 3.05) is 0 Å². The second-order valence-electron chi connectivity index (χ2n) is 5.64. The fourth-order valence-electron chi connectivity index (χ4n) is 1.86. The van der Waals surface area contributed by atoms with Crippen molar-refractivity contribution >= 4 is 0 Å². The predicted molar refractivity (Wildman–Crippen MR) is 77.9 cm³/mol. The van der Waals surface area contributed by atoms with Crippen LogP contribution in [0.1, 0.15) is 26.3 Å². The van der Waals surface area contributed by atoms with E-state index in [1.807, 2.05) is 20.8 Å². The Morgan fingerprint density at radius 3 is 2.67 bits per heavy atom. The molecule has 0 aliphatic heterocycles. The molecule has 112 valence electrons. The molecule has 0 atom stereocenters. The average molecular weight is 291 g/mol. The van der Waals surface area contributed by atoms with Crippen molar-refractivity contribution in [3.8, 4) is 11.6 Å². The van der Waals surface area contributed by atoms with E-state index < -0.39 is 11.4 Å². The fraction of sp³-hybridized carbons (Fsp3) is 0.333. The monoisotopic (exact) mass is 291 g/mol. The molecule has 0 spiro atoms. The van der Waals surface area contributed by atoms with Crippen LogP contribution in [0.15, 0.2) is 35.4 Å². The van der Waals surface area contributed by atoms with Gasteiger partial charge in [-0.25, -0.2) is 9.37 Å². The summed E-state index contributed by atoms with van der Waals surface area (Å²) in [5, 5.41) is 0. The lowest BCUT2D eigenvalue weighted by Crippen LogP contribution is -2.34. The van der Waals surface area contributed by atoms with E-state index >= 15 is 0 Å². The Balaban J connectivity index is 2.37. The first-order valence-electron chi connectivity index (χ1n) is 6.57. The van der Waals surface area contributed by atoms with Gasteiger partial charge in [0.15, 0.2) is 0 Å². The van der Waals surface area contributed by atoms with Gasteiger partial charge in [0, 0.05) is 36.1 Å². The van der Waals surface area contributed by atoms with Crippen LogP contribution in [0.2, 0.25) is 0 Å². The first-order chi connectivity index (χ1) is 9.82. The highest BCUT2D eigenvalue weighted by molar-refractivity contribution is 5.31. The van der Waals surface area contributed by atoms with E-state index in [0.717, 1.165) is 0 Å². The molecule has 1 heterocycles. The van der Waals surface area contributed by atoms with E-state index in [1.54, 1.807) is 12.3 Å². The number of nitrogens with zero attached hydrogens (tertiary/aromatic N) is 2. The summed E-state index contributed by atoms with van der Waals surface area (Å²) in [6.07, 6.45) is 3.07. The van der Waals surface area contributed by atoms with Crippen LogP contribution < -0.4 is 16.0 Å². The van der Waals surface area contributed by atoms with Crippen LogP contribution in [-0.2, 0) is 12.1 Å². The number of halogens is 1. The minimum absolute atomic E-state index is 0.0904. The Morgan fingerprint density at radius 1 is 1.38 bits per heavy atom. The molecule has 21 heavy (non-hydrogen) atoms. The van der Waals surface area contributed by atoms with Crippen LogP contribution in [0.25, 0.3) is 0 Å². The number of ether oxygens (including phenoxy) is 1. The van der Waals surface area contributed by atoms with E-state index in [4.69, 9.17) is 10.5 Å². The molecule has 0 aliphatic rings. The van der Waals surface area contributed by atoms with Gasteiger partial charge >= 0.3 is 5.56 Å². The number of hydrogen-bond acceptors (Lipinski definition) is 4. The Kier molecular flexibility index (Phi) is 4.09. The lowest BCUT2D eigenvalue weighted by Gasteiger charge is -2.22. The molecule has 2 rings (SSSR count). The standard InChI is InChI=1S/C15H18FN3O2/c1-15(2,3)19-7-6-18-13(14(19)20)21-11-5-4-10(9-17)12(16)8-11/h4-8H,9,17H2,1-3H3. The topological polar surface area (TPSA) is 70.1 Å². The van der Waals surface area contributed by atoms with Gasteiger partial charge in [0.1, 0.15) is 11.6 Å². The Morgan fingerprint density at radius 2 is 2.10 bits per heavy atom. The molecule has 0 radical (unpaired) electrons. The zero-order valence-electron chi connectivity index (χ0n) is 12.3. The third-order valence-corrected chi connectivity index (χ3v) is 2.99. The van der Waals surface area contributed by atoms with Crippen molar-refractivity contribution < 1.29 is 9.13 Å². The quantitative estimate of drug-likeness (QED) is 0.942. The molecular formula is C15H18FN3O2. The minimum atomic E-state index is -0.470. The molecule has 2 N–H and O–H groups in total. The number of hydrogen-bond donors (Lipinski definition) is 1. The van der Waals surface area contributed by atoms with Crippen LogP contribution in [0.3, 0.4) is 0 Å². The summed E-state index contributed by atoms with van der Waals surface area (Å²) < 4.78 is 20.6. The van der Waals surface area contributed by atoms with Gasteiger partial charge in [-0.15, -0.1) is 0 Å². The lowest BCUT2D eigenvalue weighted by atomic mass is 10.1. The van der Waals surface area contributed by atoms with Gasteiger partial charge < -0.3 is 15.0 Å². The smallest absolute Gasteiger partial charge is 0.314 e. The molecule has 0 aliphatic carbocycles. The summed E-state index contributed by atoms with van der Waals surface area (Å²) >= 11 is 0. The normalized spacial score (nSPS) is 11.5. The van der Waals surface area contributed by atoms with Crippen LogP contribution in [0.4, 0.5) is 4.39 Å². The van der Waals surface area contributed by atoms with E-state index in [2.05, 4.69) is 4.98 Å². The summed E-state index contributed by atoms with van der Waals surface area (Å²) in [5.74, 6) is -0.352. The number of nitrogens with two attached hydrogens (primary N) is 1. The van der Waals surface area contributed by atoms with E-state index in [0.29, 0.717) is 5.56 Å². The lowest BCUT2D eigenvalue weighted by molar-refractivity contribution is 0.362. The van der Waals surface area contributed by atoms with Gasteiger partial charge in [0.05, 0.1) is 0 Å². The summed E-state index contributed by atoms with van der Waals surface area (Å²) in [5.41, 5.74) is 5.02. The van der Waals surface area contributed by atoms with E-state index in [1.165, 1.54) is 22.9 Å². The van der Waals surface area contributed by atoms with Crippen molar-refractivity contribution in [1.82, 2.24) is 9.55 Å². The largest absolute Gasteiger partial charge is 0.435 e. The van der Waals surface area contributed by atoms with E-state index in [-0.39, 0.29) is 23.7 Å². The number of benzene rings is 1. The van der Waals surface area contributed by atoms with Crippen molar-refractivity contribution in [3.63, 3.8) is 0 Å². The Labute approximate surface area is 122 Å². The fourth-order valence-corrected chi connectivity index (χ4v) is 1.86. The molecule has 0 fully saturated rings. The second-order valence-corrected chi connectivity index (χ2v) is 5.64. The van der Waals surface area contributed by atoms with Crippen molar-refractivity contribution in [1.29, 1.82) is 0 Å². The van der Waals surface area contributed by atoms with Crippen LogP contribution in [0.5, 0.6) is 11.6 Å². The minimum Gasteiger partial charge on any atom is -0.435 e. The van der Waals surface area contributed by atoms with Gasteiger partial charge in [-0.2, -0.15) is 0 Å². The maximum atomic E-state index is 13.7. The van der Waals surface area contributed by atoms with Gasteiger partial charge in [0.25, 0.3) is 5.88 Å². The second kappa shape index (κ2) is 5.65. The van der Waals surface area contributed by atoms with Crippen molar-refractivity contribution in [2.45, 2.75) is 32.9 Å². The first-order valence-corrected chi connectivity index (χ1v) is 6.57. The number of rotatable bonds is 3. The summed E-state index contributed by atoms with van der Waals surface area (Å²) in [4.78, 5) is 16.2. The Bertz CT molecular complexity index is 705. The summed E-state index contributed by atoms with van der Waals surface area (Å²) in [6, 6.07) is 4.27. The highest BCUT2D eigenvalue weighted by Gasteiger charge is 2.18. The summed E-state index contributed by atoms with van der Waals surface area (Å²) in [7, 11) is 0. The molecule has 0 amide bonds. The van der Waals surface area contributed by atoms with Crippen molar-refractivity contribution in [2.24, 2.45) is 5.73 Å². The van der Waals surface area contributed by atoms with Crippen LogP contribution >= 0.6 is 0 Å². The maximum Gasteiger partial charge on any atom is 0.314 e. The van der Waals surface area contributed by atoms with Gasteiger partial charge in [-0.3, -0.25) is 4.79 Å². The van der Waals surface area contributed by atoms with Crippen LogP contribution in [-0.4, -0.2) is 9.55 Å². The molecular weight excluding hydrogens is 273 g/mol. The van der Waals surface area contributed by atoms with Gasteiger partial charge in [-0.05, 0) is 26.8 Å². The molecule has 0 saturated heterocycles. The molecule has 0 saturated carbocycles. The predicted octanol–water partition coefficient (Wildman–Crippen LogP) is 2.39. The third-order valence-electron chi connectivity index (χ3n) is 2.99. The molecule has 2 aromatic rings. The van der Waals surface area contributed by atoms with E-state index in [9.17, 15) is 9.18 Å². The first kappa shape index (κ1) is 15.2. The van der Waals surface area contributed by atoms with Crippen molar-refractivity contribution in [3.05, 3.63) is 52.3 Å². The van der Waals surface area contributed by atoms with Crippen LogP contribution in [0, 0.1) is 5.82 Å². The maximum absolute atomic E-state index is 13.7. The number of aromatic nitrogens is 2. The molecule has 0 unspecified atom stereocenters. The Hall–Kier alpha value is -2.21. The third kappa shape index (κ3) is 3.28.